The Balaban J connectivity index is 1.61. The van der Waals surface area contributed by atoms with Gasteiger partial charge < -0.3 is 9.94 Å². The monoisotopic (exact) mass is 356 g/mol. The van der Waals surface area contributed by atoms with Crippen LogP contribution in [-0.2, 0) is 11.4 Å². The highest BCUT2D eigenvalue weighted by atomic mass is 19.1. The van der Waals surface area contributed by atoms with E-state index in [0.29, 0.717) is 26.1 Å². The summed E-state index contributed by atoms with van der Waals surface area (Å²) in [4.78, 5) is 7.78. The maximum absolute atomic E-state index is 13.1. The van der Waals surface area contributed by atoms with Gasteiger partial charge in [-0.25, -0.2) is 4.39 Å². The lowest BCUT2D eigenvalue weighted by Gasteiger charge is -2.26. The van der Waals surface area contributed by atoms with E-state index >= 15 is 0 Å². The van der Waals surface area contributed by atoms with Crippen LogP contribution in [0.25, 0.3) is 0 Å². The molecule has 2 aromatic rings. The van der Waals surface area contributed by atoms with Gasteiger partial charge in [0, 0.05) is 26.1 Å². The van der Waals surface area contributed by atoms with Gasteiger partial charge in [0.1, 0.15) is 11.9 Å². The maximum atomic E-state index is 13.1. The Hall–Kier alpha value is -2.24. The predicted octanol–water partition coefficient (Wildman–Crippen LogP) is 3.59. The predicted molar refractivity (Wildman–Crippen MR) is 100 cm³/mol. The van der Waals surface area contributed by atoms with E-state index < -0.39 is 6.10 Å². The van der Waals surface area contributed by atoms with Crippen molar-refractivity contribution in [3.8, 4) is 0 Å². The van der Waals surface area contributed by atoms with E-state index in [1.807, 2.05) is 37.3 Å². The summed E-state index contributed by atoms with van der Waals surface area (Å²) in [6.45, 7) is 3.81. The molecular formula is C21H25FN2O2. The van der Waals surface area contributed by atoms with Crippen LogP contribution in [0.15, 0.2) is 59.8 Å². The summed E-state index contributed by atoms with van der Waals surface area (Å²) >= 11 is 0. The van der Waals surface area contributed by atoms with Gasteiger partial charge in [0.05, 0.1) is 11.8 Å². The number of benzene rings is 2. The van der Waals surface area contributed by atoms with Crippen LogP contribution in [0, 0.1) is 5.82 Å². The minimum Gasteiger partial charge on any atom is -0.392 e. The molecule has 1 aliphatic rings. The lowest BCUT2D eigenvalue weighted by molar-refractivity contribution is 0.0315. The third kappa shape index (κ3) is 5.13. The number of aliphatic hydroxyl groups excluding tert-OH is 1. The van der Waals surface area contributed by atoms with Crippen molar-refractivity contribution < 1.29 is 14.3 Å². The number of aliphatic hydroxyl groups is 1. The van der Waals surface area contributed by atoms with E-state index in [-0.39, 0.29) is 11.9 Å². The van der Waals surface area contributed by atoms with Gasteiger partial charge in [-0.3, -0.25) is 4.90 Å². The number of rotatable bonds is 8. The van der Waals surface area contributed by atoms with Crippen molar-refractivity contribution in [2.24, 2.45) is 5.16 Å². The van der Waals surface area contributed by atoms with Crippen molar-refractivity contribution in [3.63, 3.8) is 0 Å². The van der Waals surface area contributed by atoms with E-state index in [2.05, 4.69) is 10.1 Å². The molecule has 0 spiro atoms. The SMILES string of the molecule is CC[C@@H](O)CN(Cc1ccc(F)cc1)C[C@@H]1CC(c2ccccc2)=NO1. The second-order valence-electron chi connectivity index (χ2n) is 6.72. The van der Waals surface area contributed by atoms with Crippen LogP contribution >= 0.6 is 0 Å². The minimum atomic E-state index is -0.397. The largest absolute Gasteiger partial charge is 0.392 e. The number of hydrogen-bond donors (Lipinski definition) is 1. The van der Waals surface area contributed by atoms with Crippen molar-refractivity contribution in [2.75, 3.05) is 13.1 Å². The van der Waals surface area contributed by atoms with Crippen molar-refractivity contribution in [1.29, 1.82) is 0 Å². The van der Waals surface area contributed by atoms with E-state index in [1.54, 1.807) is 12.1 Å². The van der Waals surface area contributed by atoms with Crippen LogP contribution in [0.1, 0.15) is 30.9 Å². The van der Waals surface area contributed by atoms with Crippen LogP contribution in [-0.4, -0.2) is 41.0 Å². The molecule has 3 rings (SSSR count). The molecule has 138 valence electrons. The quantitative estimate of drug-likeness (QED) is 0.786. The second-order valence-corrected chi connectivity index (χ2v) is 6.72. The summed E-state index contributed by atoms with van der Waals surface area (Å²) in [6, 6.07) is 16.5. The molecule has 1 heterocycles. The van der Waals surface area contributed by atoms with E-state index in [4.69, 9.17) is 4.84 Å². The molecule has 0 unspecified atom stereocenters. The summed E-state index contributed by atoms with van der Waals surface area (Å²) < 4.78 is 13.1. The molecule has 0 aliphatic carbocycles. The molecule has 5 heteroatoms. The number of halogens is 1. The van der Waals surface area contributed by atoms with Crippen LogP contribution in [0.2, 0.25) is 0 Å². The van der Waals surface area contributed by atoms with Crippen molar-refractivity contribution in [1.82, 2.24) is 4.90 Å². The Morgan fingerprint density at radius 3 is 2.62 bits per heavy atom. The molecule has 1 aliphatic heterocycles. The third-order valence-corrected chi connectivity index (χ3v) is 4.56. The zero-order chi connectivity index (χ0) is 18.4. The first kappa shape index (κ1) is 18.5. The molecule has 2 atom stereocenters. The van der Waals surface area contributed by atoms with Crippen molar-refractivity contribution in [2.45, 2.75) is 38.5 Å². The average molecular weight is 356 g/mol. The number of oxime groups is 1. The van der Waals surface area contributed by atoms with E-state index in [1.165, 1.54) is 12.1 Å². The molecule has 0 saturated heterocycles. The third-order valence-electron chi connectivity index (χ3n) is 4.56. The Morgan fingerprint density at radius 2 is 1.92 bits per heavy atom. The first-order valence-electron chi connectivity index (χ1n) is 9.07. The summed E-state index contributed by atoms with van der Waals surface area (Å²) in [7, 11) is 0. The van der Waals surface area contributed by atoms with Crippen LogP contribution < -0.4 is 0 Å². The lowest BCUT2D eigenvalue weighted by atomic mass is 10.0. The van der Waals surface area contributed by atoms with Gasteiger partial charge in [0.25, 0.3) is 0 Å². The van der Waals surface area contributed by atoms with E-state index in [0.717, 1.165) is 23.3 Å². The minimum absolute atomic E-state index is 0.0466. The van der Waals surface area contributed by atoms with Crippen LogP contribution in [0.4, 0.5) is 4.39 Å². The van der Waals surface area contributed by atoms with Gasteiger partial charge in [0.15, 0.2) is 0 Å². The van der Waals surface area contributed by atoms with Gasteiger partial charge in [-0.05, 0) is 29.7 Å². The number of hydrogen-bond acceptors (Lipinski definition) is 4. The van der Waals surface area contributed by atoms with Crippen LogP contribution in [0.5, 0.6) is 0 Å². The van der Waals surface area contributed by atoms with Crippen molar-refractivity contribution >= 4 is 5.71 Å². The second kappa shape index (κ2) is 8.92. The Morgan fingerprint density at radius 1 is 1.19 bits per heavy atom. The zero-order valence-electron chi connectivity index (χ0n) is 15.0. The van der Waals surface area contributed by atoms with E-state index in [9.17, 15) is 9.50 Å². The molecule has 0 radical (unpaired) electrons. The fourth-order valence-corrected chi connectivity index (χ4v) is 3.09. The average Bonchev–Trinajstić information content (AvgIpc) is 3.12. The van der Waals surface area contributed by atoms with Gasteiger partial charge >= 0.3 is 0 Å². The normalized spacial score (nSPS) is 17.8. The molecule has 0 fully saturated rings. The van der Waals surface area contributed by atoms with Gasteiger partial charge in [0.2, 0.25) is 0 Å². The Kier molecular flexibility index (Phi) is 6.36. The molecule has 2 aromatic carbocycles. The molecule has 0 aromatic heterocycles. The fraction of sp³-hybridized carbons (Fsp3) is 0.381. The lowest BCUT2D eigenvalue weighted by Crippen LogP contribution is -2.37. The summed E-state index contributed by atoms with van der Waals surface area (Å²) in [5, 5.41) is 14.3. The van der Waals surface area contributed by atoms with Crippen molar-refractivity contribution in [3.05, 3.63) is 71.5 Å². The molecule has 0 amide bonds. The molecular weight excluding hydrogens is 331 g/mol. The van der Waals surface area contributed by atoms with Gasteiger partial charge in [-0.2, -0.15) is 0 Å². The van der Waals surface area contributed by atoms with Gasteiger partial charge in [-0.1, -0.05) is 54.5 Å². The highest BCUT2D eigenvalue weighted by Crippen LogP contribution is 2.19. The smallest absolute Gasteiger partial charge is 0.145 e. The molecule has 0 saturated carbocycles. The maximum Gasteiger partial charge on any atom is 0.145 e. The summed E-state index contributed by atoms with van der Waals surface area (Å²) in [5.74, 6) is -0.242. The number of nitrogens with zero attached hydrogens (tertiary/aromatic N) is 2. The molecule has 26 heavy (non-hydrogen) atoms. The molecule has 1 N–H and O–H groups in total. The first-order valence-corrected chi connectivity index (χ1v) is 9.07. The Labute approximate surface area is 153 Å². The highest BCUT2D eigenvalue weighted by Gasteiger charge is 2.25. The summed E-state index contributed by atoms with van der Waals surface area (Å²) in [6.07, 6.45) is 0.990. The van der Waals surface area contributed by atoms with Gasteiger partial charge in [-0.15, -0.1) is 0 Å². The zero-order valence-corrected chi connectivity index (χ0v) is 15.0. The molecule has 4 nitrogen and oxygen atoms in total. The topological polar surface area (TPSA) is 45.1 Å². The molecule has 0 bridgehead atoms. The fourth-order valence-electron chi connectivity index (χ4n) is 3.09. The summed E-state index contributed by atoms with van der Waals surface area (Å²) in [5.41, 5.74) is 3.04. The Bertz CT molecular complexity index is 719. The first-order chi connectivity index (χ1) is 12.6. The standard InChI is InChI=1S/C21H25FN2O2/c1-2-19(25)14-24(13-16-8-10-18(22)11-9-16)15-20-12-21(23-26-20)17-6-4-3-5-7-17/h3-11,19-20,25H,2,12-15H2,1H3/t19-,20+/m1/s1. The highest BCUT2D eigenvalue weighted by molar-refractivity contribution is 6.01. The van der Waals surface area contributed by atoms with Crippen LogP contribution in [0.3, 0.4) is 0 Å².